The molecule has 156 valence electrons. The molecule has 1 heterocycles. The molecule has 0 fully saturated rings. The van der Waals surface area contributed by atoms with Gasteiger partial charge in [-0.25, -0.2) is 0 Å². The third-order valence-corrected chi connectivity index (χ3v) is 5.20. The number of carbonyl (C=O) groups is 1. The Morgan fingerprint density at radius 3 is 2.45 bits per heavy atom. The molecule has 0 aliphatic rings. The van der Waals surface area contributed by atoms with Gasteiger partial charge in [-0.15, -0.1) is 0 Å². The van der Waals surface area contributed by atoms with E-state index in [0.717, 1.165) is 0 Å². The van der Waals surface area contributed by atoms with Gasteiger partial charge in [-0.1, -0.05) is 53.5 Å². The second-order valence-electron chi connectivity index (χ2n) is 6.83. The number of para-hydroxylation sites is 1. The highest BCUT2D eigenvalue weighted by Gasteiger charge is 2.24. The minimum atomic E-state index is -0.985. The molecule has 1 N–H and O–H groups in total. The second-order valence-corrected chi connectivity index (χ2v) is 7.67. The lowest BCUT2D eigenvalue weighted by Crippen LogP contribution is -2.31. The van der Waals surface area contributed by atoms with Crippen molar-refractivity contribution in [3.8, 4) is 17.1 Å². The van der Waals surface area contributed by atoms with Crippen LogP contribution in [0.15, 0.2) is 82.0 Å². The summed E-state index contributed by atoms with van der Waals surface area (Å²) in [7, 11) is 0. The van der Waals surface area contributed by atoms with Gasteiger partial charge in [-0.05, 0) is 49.4 Å². The minimum absolute atomic E-state index is 0.112. The molecular weight excluding hydrogens is 437 g/mol. The van der Waals surface area contributed by atoms with Crippen LogP contribution < -0.4 is 15.5 Å². The average Bonchev–Trinajstić information content (AvgIpc) is 2.77. The molecule has 0 unspecified atom stereocenters. The first-order chi connectivity index (χ1) is 14.9. The Hall–Kier alpha value is -3.28. The number of halogens is 2. The van der Waals surface area contributed by atoms with Crippen molar-refractivity contribution in [3.05, 3.63) is 93.1 Å². The van der Waals surface area contributed by atoms with Crippen molar-refractivity contribution in [2.45, 2.75) is 13.0 Å². The van der Waals surface area contributed by atoms with E-state index in [2.05, 4.69) is 5.32 Å². The Bertz CT molecular complexity index is 1320. The summed E-state index contributed by atoms with van der Waals surface area (Å²) < 4.78 is 11.8. The molecule has 0 saturated carbocycles. The van der Waals surface area contributed by atoms with Crippen LogP contribution in [-0.2, 0) is 4.79 Å². The number of amides is 1. The predicted octanol–water partition coefficient (Wildman–Crippen LogP) is 6.17. The van der Waals surface area contributed by atoms with E-state index in [0.29, 0.717) is 26.9 Å². The van der Waals surface area contributed by atoms with E-state index in [-0.39, 0.29) is 16.9 Å². The van der Waals surface area contributed by atoms with Gasteiger partial charge in [0, 0.05) is 16.3 Å². The van der Waals surface area contributed by atoms with Gasteiger partial charge in [-0.2, -0.15) is 0 Å². The van der Waals surface area contributed by atoms with Crippen LogP contribution in [0, 0.1) is 0 Å². The molecule has 1 amide bonds. The van der Waals surface area contributed by atoms with Crippen LogP contribution in [0.1, 0.15) is 6.92 Å². The first-order valence-electron chi connectivity index (χ1n) is 9.48. The number of hydrogen-bond acceptors (Lipinski definition) is 4. The summed E-state index contributed by atoms with van der Waals surface area (Å²) in [6.45, 7) is 1.55. The zero-order chi connectivity index (χ0) is 22.0. The van der Waals surface area contributed by atoms with E-state index in [9.17, 15) is 9.59 Å². The van der Waals surface area contributed by atoms with Crippen molar-refractivity contribution in [2.75, 3.05) is 5.32 Å². The van der Waals surface area contributed by atoms with E-state index in [1.165, 1.54) is 6.07 Å². The molecule has 31 heavy (non-hydrogen) atoms. The normalized spacial score (nSPS) is 11.8. The third kappa shape index (κ3) is 4.43. The Labute approximate surface area is 188 Å². The van der Waals surface area contributed by atoms with Crippen LogP contribution in [0.3, 0.4) is 0 Å². The standard InChI is InChI=1S/C24H17Cl2NO4/c1-14(24(29)27-16-7-3-2-4-8-16)30-23-21(28)18-13-15(25)11-12-20(18)31-22(23)17-9-5-6-10-19(17)26/h2-14H,1H3,(H,27,29)/t14-/m1/s1. The summed E-state index contributed by atoms with van der Waals surface area (Å²) in [6, 6.07) is 20.6. The predicted molar refractivity (Wildman–Crippen MR) is 123 cm³/mol. The van der Waals surface area contributed by atoms with Crippen LogP contribution >= 0.6 is 23.2 Å². The molecule has 4 aromatic rings. The van der Waals surface area contributed by atoms with Crippen molar-refractivity contribution in [3.63, 3.8) is 0 Å². The van der Waals surface area contributed by atoms with E-state index in [1.54, 1.807) is 67.6 Å². The number of ether oxygens (including phenoxy) is 1. The second kappa shape index (κ2) is 8.84. The van der Waals surface area contributed by atoms with Crippen LogP contribution in [0.5, 0.6) is 5.75 Å². The van der Waals surface area contributed by atoms with E-state index in [1.807, 2.05) is 6.07 Å². The SMILES string of the molecule is C[C@@H](Oc1c(-c2ccccc2Cl)oc2ccc(Cl)cc2c1=O)C(=O)Nc1ccccc1. The maximum Gasteiger partial charge on any atom is 0.265 e. The summed E-state index contributed by atoms with van der Waals surface area (Å²) in [5.41, 5.74) is 0.978. The maximum atomic E-state index is 13.3. The van der Waals surface area contributed by atoms with Crippen molar-refractivity contribution < 1.29 is 13.9 Å². The number of carbonyl (C=O) groups excluding carboxylic acids is 1. The number of fused-ring (bicyclic) bond motifs is 1. The molecule has 1 aromatic heterocycles. The molecule has 0 aliphatic heterocycles. The quantitative estimate of drug-likeness (QED) is 0.392. The molecule has 5 nitrogen and oxygen atoms in total. The topological polar surface area (TPSA) is 68.5 Å². The molecule has 1 atom stereocenters. The van der Waals surface area contributed by atoms with Crippen LogP contribution in [0.2, 0.25) is 10.0 Å². The van der Waals surface area contributed by atoms with Crippen LogP contribution in [0.4, 0.5) is 5.69 Å². The molecule has 0 aliphatic carbocycles. The number of anilines is 1. The van der Waals surface area contributed by atoms with Gasteiger partial charge >= 0.3 is 0 Å². The van der Waals surface area contributed by atoms with Gasteiger partial charge < -0.3 is 14.5 Å². The first kappa shape index (κ1) is 21.0. The summed E-state index contributed by atoms with van der Waals surface area (Å²) in [5, 5.41) is 3.76. The minimum Gasteiger partial charge on any atom is -0.473 e. The lowest BCUT2D eigenvalue weighted by atomic mass is 10.1. The molecule has 0 spiro atoms. The first-order valence-corrected chi connectivity index (χ1v) is 10.2. The molecule has 4 rings (SSSR count). The third-order valence-electron chi connectivity index (χ3n) is 4.63. The highest BCUT2D eigenvalue weighted by Crippen LogP contribution is 2.36. The molecule has 3 aromatic carbocycles. The van der Waals surface area contributed by atoms with Gasteiger partial charge in [0.25, 0.3) is 5.91 Å². The van der Waals surface area contributed by atoms with Crippen molar-refractivity contribution in [2.24, 2.45) is 0 Å². The number of benzene rings is 3. The van der Waals surface area contributed by atoms with E-state index >= 15 is 0 Å². The maximum absolute atomic E-state index is 13.3. The van der Waals surface area contributed by atoms with Gasteiger partial charge in [-0.3, -0.25) is 9.59 Å². The fourth-order valence-corrected chi connectivity index (χ4v) is 3.47. The van der Waals surface area contributed by atoms with E-state index in [4.69, 9.17) is 32.4 Å². The smallest absolute Gasteiger partial charge is 0.265 e. The lowest BCUT2D eigenvalue weighted by Gasteiger charge is -2.17. The van der Waals surface area contributed by atoms with Gasteiger partial charge in [0.2, 0.25) is 11.2 Å². The Morgan fingerprint density at radius 2 is 1.71 bits per heavy atom. The highest BCUT2D eigenvalue weighted by molar-refractivity contribution is 6.33. The zero-order valence-electron chi connectivity index (χ0n) is 16.4. The molecule has 0 radical (unpaired) electrons. The van der Waals surface area contributed by atoms with Crippen molar-refractivity contribution in [1.82, 2.24) is 0 Å². The van der Waals surface area contributed by atoms with Crippen LogP contribution in [-0.4, -0.2) is 12.0 Å². The molecule has 0 bridgehead atoms. The fraction of sp³-hybridized carbons (Fsp3) is 0.0833. The molecular formula is C24H17Cl2NO4. The number of rotatable bonds is 5. The Balaban J connectivity index is 1.79. The Kier molecular flexibility index (Phi) is 5.98. The summed E-state index contributed by atoms with van der Waals surface area (Å²) in [5.74, 6) is -0.384. The number of nitrogens with one attached hydrogen (secondary N) is 1. The summed E-state index contributed by atoms with van der Waals surface area (Å²) in [4.78, 5) is 25.9. The zero-order valence-corrected chi connectivity index (χ0v) is 17.9. The largest absolute Gasteiger partial charge is 0.473 e. The summed E-state index contributed by atoms with van der Waals surface area (Å²) >= 11 is 12.4. The number of hydrogen-bond donors (Lipinski definition) is 1. The van der Waals surface area contributed by atoms with Crippen molar-refractivity contribution >= 4 is 45.8 Å². The lowest BCUT2D eigenvalue weighted by molar-refractivity contribution is -0.122. The molecule has 0 saturated heterocycles. The van der Waals surface area contributed by atoms with Crippen LogP contribution in [0.25, 0.3) is 22.3 Å². The van der Waals surface area contributed by atoms with Gasteiger partial charge in [0.1, 0.15) is 5.58 Å². The summed E-state index contributed by atoms with van der Waals surface area (Å²) in [6.07, 6.45) is -0.985. The van der Waals surface area contributed by atoms with Gasteiger partial charge in [0.15, 0.2) is 11.9 Å². The van der Waals surface area contributed by atoms with E-state index < -0.39 is 17.4 Å². The molecule has 7 heteroatoms. The van der Waals surface area contributed by atoms with Gasteiger partial charge in [0.05, 0.1) is 10.4 Å². The monoisotopic (exact) mass is 453 g/mol. The average molecular weight is 454 g/mol. The Morgan fingerprint density at radius 1 is 1.00 bits per heavy atom. The fourth-order valence-electron chi connectivity index (χ4n) is 3.08. The highest BCUT2D eigenvalue weighted by atomic mass is 35.5. The van der Waals surface area contributed by atoms with Crippen molar-refractivity contribution in [1.29, 1.82) is 0 Å².